The highest BCUT2D eigenvalue weighted by Gasteiger charge is 2.19. The molecule has 0 bridgehead atoms. The smallest absolute Gasteiger partial charge is 0.295 e. The lowest BCUT2D eigenvalue weighted by atomic mass is 10.1. The number of hydrogen-bond acceptors (Lipinski definition) is 4. The minimum Gasteiger partial charge on any atom is -0.352 e. The number of carbonyl (C=O) groups is 2. The number of nitrogens with one attached hydrogen (secondary N) is 1. The van der Waals surface area contributed by atoms with Gasteiger partial charge in [0, 0.05) is 13.0 Å². The number of unbranched alkanes of at least 4 members (excludes halogenated alkanes) is 5. The normalized spacial score (nSPS) is 11.1. The first-order chi connectivity index (χ1) is 10.5. The number of aldehydes is 1. The maximum absolute atomic E-state index is 12.0. The second-order valence-corrected chi connectivity index (χ2v) is 6.34. The predicted octanol–water partition coefficient (Wildman–Crippen LogP) is 2.20. The van der Waals surface area contributed by atoms with Crippen molar-refractivity contribution in [2.75, 3.05) is 6.54 Å². The summed E-state index contributed by atoms with van der Waals surface area (Å²) in [6.07, 6.45) is 6.07. The minimum absolute atomic E-state index is 0.0593. The number of carbonyl (C=O) groups excluding carboxylic acids is 2. The van der Waals surface area contributed by atoms with Crippen molar-refractivity contribution < 1.29 is 22.6 Å². The van der Waals surface area contributed by atoms with Gasteiger partial charge in [-0.25, -0.2) is 0 Å². The lowest BCUT2D eigenvalue weighted by molar-refractivity contribution is -0.107. The van der Waals surface area contributed by atoms with Crippen molar-refractivity contribution in [1.82, 2.24) is 5.32 Å². The number of rotatable bonds is 10. The summed E-state index contributed by atoms with van der Waals surface area (Å²) in [6, 6.07) is 5.53. The monoisotopic (exact) mass is 327 g/mol. The highest BCUT2D eigenvalue weighted by molar-refractivity contribution is 7.86. The average Bonchev–Trinajstić information content (AvgIpc) is 2.49. The second-order valence-electron chi connectivity index (χ2n) is 4.95. The Bertz CT molecular complexity index is 598. The first-order valence-electron chi connectivity index (χ1n) is 7.25. The molecule has 0 atom stereocenters. The molecule has 0 aliphatic carbocycles. The van der Waals surface area contributed by atoms with Gasteiger partial charge in [-0.05, 0) is 25.0 Å². The van der Waals surface area contributed by atoms with Crippen LogP contribution in [0.4, 0.5) is 0 Å². The fourth-order valence-corrected chi connectivity index (χ4v) is 2.75. The fourth-order valence-electron chi connectivity index (χ4n) is 2.06. The van der Waals surface area contributed by atoms with Crippen LogP contribution < -0.4 is 5.32 Å². The maximum atomic E-state index is 12.0. The highest BCUT2D eigenvalue weighted by atomic mass is 32.2. The van der Waals surface area contributed by atoms with Crippen molar-refractivity contribution in [2.45, 2.75) is 43.4 Å². The number of benzene rings is 1. The van der Waals surface area contributed by atoms with E-state index in [0.29, 0.717) is 13.0 Å². The van der Waals surface area contributed by atoms with Gasteiger partial charge in [0.25, 0.3) is 16.0 Å². The van der Waals surface area contributed by atoms with Gasteiger partial charge in [-0.15, -0.1) is 0 Å². The molecule has 22 heavy (non-hydrogen) atoms. The summed E-state index contributed by atoms with van der Waals surface area (Å²) in [5.41, 5.74) is -0.0593. The molecule has 122 valence electrons. The van der Waals surface area contributed by atoms with Crippen LogP contribution >= 0.6 is 0 Å². The van der Waals surface area contributed by atoms with E-state index in [1.165, 1.54) is 24.3 Å². The lowest BCUT2D eigenvalue weighted by Crippen LogP contribution is -2.26. The van der Waals surface area contributed by atoms with Crippen LogP contribution in [0.15, 0.2) is 29.2 Å². The van der Waals surface area contributed by atoms with Gasteiger partial charge in [0.05, 0.1) is 5.56 Å². The molecule has 0 saturated carbocycles. The third kappa shape index (κ3) is 6.36. The van der Waals surface area contributed by atoms with E-state index in [4.69, 9.17) is 4.55 Å². The van der Waals surface area contributed by atoms with Crippen molar-refractivity contribution in [3.63, 3.8) is 0 Å². The van der Waals surface area contributed by atoms with E-state index in [1.54, 1.807) is 0 Å². The lowest BCUT2D eigenvalue weighted by Gasteiger charge is -2.08. The van der Waals surface area contributed by atoms with Crippen LogP contribution in [0.3, 0.4) is 0 Å². The molecule has 0 spiro atoms. The molecule has 0 heterocycles. The fraction of sp³-hybridized carbons (Fsp3) is 0.467. The Morgan fingerprint density at radius 3 is 2.41 bits per heavy atom. The molecule has 0 aliphatic rings. The molecule has 7 heteroatoms. The molecular weight excluding hydrogens is 306 g/mol. The molecule has 0 fully saturated rings. The van der Waals surface area contributed by atoms with Gasteiger partial charge in [0.15, 0.2) is 0 Å². The Balaban J connectivity index is 2.39. The van der Waals surface area contributed by atoms with E-state index in [9.17, 15) is 18.0 Å². The maximum Gasteiger partial charge on any atom is 0.295 e. The van der Waals surface area contributed by atoms with Crippen LogP contribution in [-0.2, 0) is 14.9 Å². The van der Waals surface area contributed by atoms with Gasteiger partial charge in [-0.3, -0.25) is 9.35 Å². The van der Waals surface area contributed by atoms with Gasteiger partial charge in [0.1, 0.15) is 11.2 Å². The molecule has 1 rings (SSSR count). The first-order valence-corrected chi connectivity index (χ1v) is 8.69. The Labute approximate surface area is 130 Å². The summed E-state index contributed by atoms with van der Waals surface area (Å²) in [5.74, 6) is -0.519. The van der Waals surface area contributed by atoms with Crippen molar-refractivity contribution >= 4 is 22.3 Å². The SMILES string of the molecule is O=CCCCCCCCNC(=O)c1ccccc1S(=O)(=O)O. The standard InChI is InChI=1S/C15H21NO5S/c17-12-8-4-2-1-3-7-11-16-15(18)13-9-5-6-10-14(13)22(19,20)21/h5-6,9-10,12H,1-4,7-8,11H2,(H,16,18)(H,19,20,21). The van der Waals surface area contributed by atoms with E-state index < -0.39 is 16.0 Å². The summed E-state index contributed by atoms with van der Waals surface area (Å²) < 4.78 is 31.5. The quantitative estimate of drug-likeness (QED) is 0.390. The largest absolute Gasteiger partial charge is 0.352 e. The van der Waals surface area contributed by atoms with Crippen molar-refractivity contribution in [2.24, 2.45) is 0 Å². The van der Waals surface area contributed by atoms with Crippen LogP contribution in [0.1, 0.15) is 48.9 Å². The summed E-state index contributed by atoms with van der Waals surface area (Å²) >= 11 is 0. The molecule has 1 aromatic carbocycles. The second kappa shape index (κ2) is 9.32. The summed E-state index contributed by atoms with van der Waals surface area (Å²) in [5, 5.41) is 2.64. The van der Waals surface area contributed by atoms with Crippen LogP contribution in [0.5, 0.6) is 0 Å². The molecule has 0 aliphatic heterocycles. The predicted molar refractivity (Wildman–Crippen MR) is 82.4 cm³/mol. The molecule has 1 aromatic rings. The molecular formula is C15H21NO5S. The van der Waals surface area contributed by atoms with Crippen LogP contribution in [0.25, 0.3) is 0 Å². The molecule has 0 saturated heterocycles. The van der Waals surface area contributed by atoms with E-state index >= 15 is 0 Å². The molecule has 0 unspecified atom stereocenters. The topological polar surface area (TPSA) is 101 Å². The number of amides is 1. The van der Waals surface area contributed by atoms with Crippen molar-refractivity contribution in [1.29, 1.82) is 0 Å². The van der Waals surface area contributed by atoms with Crippen LogP contribution in [0.2, 0.25) is 0 Å². The van der Waals surface area contributed by atoms with Crippen molar-refractivity contribution in [3.05, 3.63) is 29.8 Å². The summed E-state index contributed by atoms with van der Waals surface area (Å²) in [7, 11) is -4.42. The third-order valence-electron chi connectivity index (χ3n) is 3.19. The Morgan fingerprint density at radius 2 is 1.73 bits per heavy atom. The van der Waals surface area contributed by atoms with E-state index in [2.05, 4.69) is 5.32 Å². The number of hydrogen-bond donors (Lipinski definition) is 2. The van der Waals surface area contributed by atoms with Crippen LogP contribution in [0, 0.1) is 0 Å². The van der Waals surface area contributed by atoms with E-state index in [-0.39, 0.29) is 10.5 Å². The van der Waals surface area contributed by atoms with Gasteiger partial charge >= 0.3 is 0 Å². The zero-order chi connectivity index (χ0) is 16.4. The average molecular weight is 327 g/mol. The molecule has 0 aromatic heterocycles. The molecule has 0 radical (unpaired) electrons. The first kappa shape index (κ1) is 18.3. The van der Waals surface area contributed by atoms with E-state index in [1.807, 2.05) is 0 Å². The Kier molecular flexibility index (Phi) is 7.76. The molecule has 6 nitrogen and oxygen atoms in total. The van der Waals surface area contributed by atoms with E-state index in [0.717, 1.165) is 38.4 Å². The van der Waals surface area contributed by atoms with Gasteiger partial charge in [-0.2, -0.15) is 8.42 Å². The molecule has 2 N–H and O–H groups in total. The summed E-state index contributed by atoms with van der Waals surface area (Å²) in [4.78, 5) is 21.7. The van der Waals surface area contributed by atoms with Gasteiger partial charge in [-0.1, -0.05) is 31.4 Å². The van der Waals surface area contributed by atoms with Gasteiger partial charge in [0.2, 0.25) is 0 Å². The highest BCUT2D eigenvalue weighted by Crippen LogP contribution is 2.14. The minimum atomic E-state index is -4.42. The third-order valence-corrected chi connectivity index (χ3v) is 4.11. The Hall–Kier alpha value is -1.73. The Morgan fingerprint density at radius 1 is 1.09 bits per heavy atom. The zero-order valence-electron chi connectivity index (χ0n) is 12.3. The summed E-state index contributed by atoms with van der Waals surface area (Å²) in [6.45, 7) is 0.437. The zero-order valence-corrected chi connectivity index (χ0v) is 13.1. The molecule has 1 amide bonds. The van der Waals surface area contributed by atoms with Crippen LogP contribution in [-0.4, -0.2) is 31.7 Å². The van der Waals surface area contributed by atoms with Gasteiger partial charge < -0.3 is 10.1 Å². The van der Waals surface area contributed by atoms with Crippen molar-refractivity contribution in [3.8, 4) is 0 Å².